The second kappa shape index (κ2) is 11.1. The zero-order chi connectivity index (χ0) is 21.3. The second-order valence-electron chi connectivity index (χ2n) is 8.27. The molecule has 1 aliphatic heterocycles. The molecule has 0 saturated carbocycles. The van der Waals surface area contributed by atoms with Crippen molar-refractivity contribution in [2.45, 2.75) is 58.9 Å². The average molecular weight is 411 g/mol. The molecule has 2 unspecified atom stereocenters. The van der Waals surface area contributed by atoms with Gasteiger partial charge in [0.1, 0.15) is 5.75 Å². The second-order valence-corrected chi connectivity index (χ2v) is 8.27. The molecule has 5 heteroatoms. The van der Waals surface area contributed by atoms with Crippen LogP contribution in [0.15, 0.2) is 48.5 Å². The molecule has 1 saturated heterocycles. The number of ether oxygens (including phenoxy) is 2. The highest BCUT2D eigenvalue weighted by molar-refractivity contribution is 5.75. The standard InChI is InChI=1S/C25H34N2O3/c1-19-8-6-11-24(14-19)29-13-7-12-25(28)26-15-22-9-4-5-10-23(22)18-27-16-20(2)30-21(3)17-27/h4-6,8-11,14,20-21H,7,12-13,15-18H2,1-3H3,(H,26,28). The molecule has 2 atom stereocenters. The molecule has 1 aliphatic rings. The number of nitrogens with zero attached hydrogens (tertiary/aromatic N) is 1. The Labute approximate surface area is 180 Å². The first-order chi connectivity index (χ1) is 14.5. The molecule has 1 N–H and O–H groups in total. The van der Waals surface area contributed by atoms with Gasteiger partial charge >= 0.3 is 0 Å². The molecule has 0 aromatic heterocycles. The fourth-order valence-electron chi connectivity index (χ4n) is 3.95. The Hall–Kier alpha value is -2.37. The molecule has 2 aromatic rings. The van der Waals surface area contributed by atoms with Crippen LogP contribution in [-0.2, 0) is 22.6 Å². The van der Waals surface area contributed by atoms with Gasteiger partial charge in [-0.1, -0.05) is 36.4 Å². The van der Waals surface area contributed by atoms with E-state index in [9.17, 15) is 4.79 Å². The van der Waals surface area contributed by atoms with Crippen molar-refractivity contribution < 1.29 is 14.3 Å². The maximum absolute atomic E-state index is 12.3. The van der Waals surface area contributed by atoms with E-state index in [2.05, 4.69) is 42.3 Å². The summed E-state index contributed by atoms with van der Waals surface area (Å²) in [6.07, 6.45) is 1.67. The van der Waals surface area contributed by atoms with Crippen molar-refractivity contribution in [1.82, 2.24) is 10.2 Å². The Morgan fingerprint density at radius 3 is 2.57 bits per heavy atom. The van der Waals surface area contributed by atoms with E-state index in [1.807, 2.05) is 37.3 Å². The van der Waals surface area contributed by atoms with Gasteiger partial charge in [0.05, 0.1) is 18.8 Å². The molecular weight excluding hydrogens is 376 g/mol. The van der Waals surface area contributed by atoms with Crippen molar-refractivity contribution >= 4 is 5.91 Å². The van der Waals surface area contributed by atoms with Crippen molar-refractivity contribution in [3.8, 4) is 5.75 Å². The first-order valence-electron chi connectivity index (χ1n) is 10.9. The van der Waals surface area contributed by atoms with E-state index in [-0.39, 0.29) is 18.1 Å². The van der Waals surface area contributed by atoms with Gasteiger partial charge in [0.2, 0.25) is 5.91 Å². The molecule has 0 bridgehead atoms. The predicted molar refractivity (Wildman–Crippen MR) is 119 cm³/mol. The van der Waals surface area contributed by atoms with E-state index < -0.39 is 0 Å². The van der Waals surface area contributed by atoms with Crippen LogP contribution in [0.1, 0.15) is 43.4 Å². The number of hydrogen-bond donors (Lipinski definition) is 1. The van der Waals surface area contributed by atoms with Crippen LogP contribution in [0.2, 0.25) is 0 Å². The first-order valence-corrected chi connectivity index (χ1v) is 10.9. The lowest BCUT2D eigenvalue weighted by Gasteiger charge is -2.35. The number of amides is 1. The zero-order valence-electron chi connectivity index (χ0n) is 18.4. The third kappa shape index (κ3) is 7.15. The van der Waals surface area contributed by atoms with Gasteiger partial charge < -0.3 is 14.8 Å². The predicted octanol–water partition coefficient (Wildman–Crippen LogP) is 4.08. The van der Waals surface area contributed by atoms with Crippen LogP contribution >= 0.6 is 0 Å². The van der Waals surface area contributed by atoms with Gasteiger partial charge in [-0.25, -0.2) is 0 Å². The fourth-order valence-corrected chi connectivity index (χ4v) is 3.95. The number of rotatable bonds is 9. The van der Waals surface area contributed by atoms with Gasteiger partial charge in [-0.2, -0.15) is 0 Å². The molecule has 1 heterocycles. The summed E-state index contributed by atoms with van der Waals surface area (Å²) >= 11 is 0. The fraction of sp³-hybridized carbons (Fsp3) is 0.480. The van der Waals surface area contributed by atoms with Gasteiger partial charge in [-0.05, 0) is 56.0 Å². The summed E-state index contributed by atoms with van der Waals surface area (Å²) in [5, 5.41) is 3.06. The Bertz CT molecular complexity index is 814. The number of aryl methyl sites for hydroxylation is 1. The molecule has 0 spiro atoms. The van der Waals surface area contributed by atoms with Crippen LogP contribution in [0.25, 0.3) is 0 Å². The minimum Gasteiger partial charge on any atom is -0.494 e. The van der Waals surface area contributed by atoms with Crippen LogP contribution in [-0.4, -0.2) is 42.7 Å². The monoisotopic (exact) mass is 410 g/mol. The number of morpholine rings is 1. The van der Waals surface area contributed by atoms with E-state index in [0.29, 0.717) is 26.0 Å². The molecule has 0 radical (unpaired) electrons. The first kappa shape index (κ1) is 22.3. The highest BCUT2D eigenvalue weighted by Gasteiger charge is 2.22. The van der Waals surface area contributed by atoms with Crippen molar-refractivity contribution in [2.24, 2.45) is 0 Å². The van der Waals surface area contributed by atoms with Crippen LogP contribution in [0.3, 0.4) is 0 Å². The maximum Gasteiger partial charge on any atom is 0.220 e. The zero-order valence-corrected chi connectivity index (χ0v) is 18.4. The lowest BCUT2D eigenvalue weighted by atomic mass is 10.1. The summed E-state index contributed by atoms with van der Waals surface area (Å²) in [6.45, 7) is 10.1. The summed E-state index contributed by atoms with van der Waals surface area (Å²) < 4.78 is 11.6. The van der Waals surface area contributed by atoms with Gasteiger partial charge in [-0.3, -0.25) is 9.69 Å². The average Bonchev–Trinajstić information content (AvgIpc) is 2.70. The van der Waals surface area contributed by atoms with Crippen LogP contribution in [0.4, 0.5) is 0 Å². The number of hydrogen-bond acceptors (Lipinski definition) is 4. The minimum atomic E-state index is 0.0614. The Kier molecular flexibility index (Phi) is 8.29. The van der Waals surface area contributed by atoms with E-state index in [1.165, 1.54) is 16.7 Å². The smallest absolute Gasteiger partial charge is 0.220 e. The Morgan fingerprint density at radius 1 is 1.10 bits per heavy atom. The number of carbonyl (C=O) groups is 1. The molecule has 3 rings (SSSR count). The number of carbonyl (C=O) groups excluding carboxylic acids is 1. The van der Waals surface area contributed by atoms with Crippen LogP contribution in [0, 0.1) is 6.92 Å². The summed E-state index contributed by atoms with van der Waals surface area (Å²) in [5.74, 6) is 0.919. The molecule has 1 amide bonds. The summed E-state index contributed by atoms with van der Waals surface area (Å²) in [6, 6.07) is 16.3. The van der Waals surface area contributed by atoms with E-state index in [4.69, 9.17) is 9.47 Å². The highest BCUT2D eigenvalue weighted by Crippen LogP contribution is 2.17. The minimum absolute atomic E-state index is 0.0614. The van der Waals surface area contributed by atoms with Crippen molar-refractivity contribution in [3.05, 3.63) is 65.2 Å². The molecule has 162 valence electrons. The van der Waals surface area contributed by atoms with Gasteiger partial charge in [0.25, 0.3) is 0 Å². The molecule has 30 heavy (non-hydrogen) atoms. The topological polar surface area (TPSA) is 50.8 Å². The summed E-state index contributed by atoms with van der Waals surface area (Å²) in [7, 11) is 0. The van der Waals surface area contributed by atoms with E-state index in [0.717, 1.165) is 25.4 Å². The quantitative estimate of drug-likeness (QED) is 0.633. The lowest BCUT2D eigenvalue weighted by Crippen LogP contribution is -2.45. The van der Waals surface area contributed by atoms with Crippen molar-refractivity contribution in [3.63, 3.8) is 0 Å². The molecule has 2 aromatic carbocycles. The summed E-state index contributed by atoms with van der Waals surface area (Å²) in [5.41, 5.74) is 3.61. The SMILES string of the molecule is Cc1cccc(OCCCC(=O)NCc2ccccc2CN2CC(C)OC(C)C2)c1. The Morgan fingerprint density at radius 2 is 1.83 bits per heavy atom. The summed E-state index contributed by atoms with van der Waals surface area (Å²) in [4.78, 5) is 14.7. The molecule has 0 aliphatic carbocycles. The van der Waals surface area contributed by atoms with Crippen molar-refractivity contribution in [1.29, 1.82) is 0 Å². The Balaban J connectivity index is 1.42. The largest absolute Gasteiger partial charge is 0.494 e. The third-order valence-corrected chi connectivity index (χ3v) is 5.29. The number of benzene rings is 2. The number of nitrogens with one attached hydrogen (secondary N) is 1. The van der Waals surface area contributed by atoms with E-state index >= 15 is 0 Å². The lowest BCUT2D eigenvalue weighted by molar-refractivity contribution is -0.121. The van der Waals surface area contributed by atoms with Gasteiger partial charge in [0.15, 0.2) is 0 Å². The van der Waals surface area contributed by atoms with Gasteiger partial charge in [-0.15, -0.1) is 0 Å². The maximum atomic E-state index is 12.3. The van der Waals surface area contributed by atoms with E-state index in [1.54, 1.807) is 0 Å². The highest BCUT2D eigenvalue weighted by atomic mass is 16.5. The van der Waals surface area contributed by atoms with Crippen LogP contribution < -0.4 is 10.1 Å². The molecule has 1 fully saturated rings. The van der Waals surface area contributed by atoms with Crippen molar-refractivity contribution in [2.75, 3.05) is 19.7 Å². The molecular formula is C25H34N2O3. The van der Waals surface area contributed by atoms with Gasteiger partial charge in [0, 0.05) is 32.6 Å². The van der Waals surface area contributed by atoms with Crippen LogP contribution in [0.5, 0.6) is 5.75 Å². The normalized spacial score (nSPS) is 19.4. The molecule has 5 nitrogen and oxygen atoms in total. The third-order valence-electron chi connectivity index (χ3n) is 5.29.